The Morgan fingerprint density at radius 1 is 0.897 bits per heavy atom. The first-order chi connectivity index (χ1) is 13.7. The topological polar surface area (TPSA) is 66.4 Å². The summed E-state index contributed by atoms with van der Waals surface area (Å²) in [6.07, 6.45) is -4.80. The lowest BCUT2D eigenvalue weighted by Crippen LogP contribution is -2.43. The van der Waals surface area contributed by atoms with Gasteiger partial charge in [0.05, 0.1) is 12.0 Å². The van der Waals surface area contributed by atoms with E-state index in [4.69, 9.17) is 0 Å². The molecule has 0 radical (unpaired) electrons. The molecular weight excluding hydrogens is 383 g/mol. The van der Waals surface area contributed by atoms with Gasteiger partial charge in [0.2, 0.25) is 5.91 Å². The monoisotopic (exact) mass is 401 g/mol. The third-order valence-corrected chi connectivity index (χ3v) is 4.51. The van der Waals surface area contributed by atoms with Crippen LogP contribution in [0.25, 0.3) is 10.8 Å². The Hall–Kier alpha value is -3.35. The lowest BCUT2D eigenvalue weighted by atomic mass is 10.0. The molecule has 4 nitrogen and oxygen atoms in total. The summed E-state index contributed by atoms with van der Waals surface area (Å²) in [5.41, 5.74) is 0.0317. The van der Waals surface area contributed by atoms with E-state index < -0.39 is 29.7 Å². The maximum Gasteiger partial charge on any atom is 0.416 e. The van der Waals surface area contributed by atoms with E-state index in [1.807, 2.05) is 36.4 Å². The average molecular weight is 401 g/mol. The van der Waals surface area contributed by atoms with Gasteiger partial charge in [-0.3, -0.25) is 4.79 Å². The molecule has 0 heterocycles. The van der Waals surface area contributed by atoms with Crippen LogP contribution >= 0.6 is 0 Å². The van der Waals surface area contributed by atoms with Crippen LogP contribution in [0, 0.1) is 0 Å². The molecule has 0 saturated heterocycles. The van der Waals surface area contributed by atoms with E-state index in [0.29, 0.717) is 5.56 Å². The van der Waals surface area contributed by atoms with Gasteiger partial charge in [0, 0.05) is 6.42 Å². The fourth-order valence-corrected chi connectivity index (χ4v) is 3.09. The van der Waals surface area contributed by atoms with E-state index in [1.54, 1.807) is 6.07 Å². The summed E-state index contributed by atoms with van der Waals surface area (Å²) in [5.74, 6) is -1.83. The van der Waals surface area contributed by atoms with Crippen LogP contribution in [0.3, 0.4) is 0 Å². The van der Waals surface area contributed by atoms with Gasteiger partial charge in [-0.25, -0.2) is 4.79 Å². The van der Waals surface area contributed by atoms with Crippen molar-refractivity contribution in [3.05, 3.63) is 83.4 Å². The number of hydrogen-bond donors (Lipinski definition) is 2. The molecule has 7 heteroatoms. The minimum Gasteiger partial charge on any atom is -0.480 e. The Kier molecular flexibility index (Phi) is 5.87. The summed E-state index contributed by atoms with van der Waals surface area (Å²) in [6, 6.07) is 16.2. The predicted octanol–water partition coefficient (Wildman–Crippen LogP) is 4.21. The summed E-state index contributed by atoms with van der Waals surface area (Å²) in [7, 11) is 0. The van der Waals surface area contributed by atoms with Crippen molar-refractivity contribution in [3.8, 4) is 0 Å². The van der Waals surface area contributed by atoms with E-state index in [2.05, 4.69) is 5.32 Å². The molecule has 29 heavy (non-hydrogen) atoms. The minimum atomic E-state index is -4.52. The lowest BCUT2D eigenvalue weighted by molar-refractivity contribution is -0.141. The van der Waals surface area contributed by atoms with Crippen LogP contribution in [-0.4, -0.2) is 23.0 Å². The van der Waals surface area contributed by atoms with Crippen molar-refractivity contribution in [1.29, 1.82) is 0 Å². The molecule has 0 aliphatic rings. The van der Waals surface area contributed by atoms with Crippen LogP contribution in [0.2, 0.25) is 0 Å². The van der Waals surface area contributed by atoms with Crippen molar-refractivity contribution in [2.45, 2.75) is 25.1 Å². The molecule has 1 atom stereocenters. The standard InChI is InChI=1S/C22H18F3NO3/c23-22(24,25)18-7-3-4-14(11-18)12-19(21(28)29)26-20(27)13-15-8-9-16-5-1-2-6-17(16)10-15/h1-11,19H,12-13H2,(H,26,27)(H,28,29)/t19-/m0/s1. The fourth-order valence-electron chi connectivity index (χ4n) is 3.09. The Morgan fingerprint density at radius 3 is 2.31 bits per heavy atom. The average Bonchev–Trinajstić information content (AvgIpc) is 2.67. The predicted molar refractivity (Wildman–Crippen MR) is 102 cm³/mol. The van der Waals surface area contributed by atoms with Gasteiger partial charge < -0.3 is 10.4 Å². The number of benzene rings is 3. The molecule has 0 aliphatic heterocycles. The number of fused-ring (bicyclic) bond motifs is 1. The lowest BCUT2D eigenvalue weighted by Gasteiger charge is -2.16. The Balaban J connectivity index is 1.69. The molecular formula is C22H18F3NO3. The summed E-state index contributed by atoms with van der Waals surface area (Å²) in [5, 5.41) is 13.8. The number of halogens is 3. The maximum absolute atomic E-state index is 12.8. The third kappa shape index (κ3) is 5.34. The molecule has 0 fully saturated rings. The summed E-state index contributed by atoms with van der Waals surface area (Å²) >= 11 is 0. The molecule has 1 amide bonds. The van der Waals surface area contributed by atoms with Crippen molar-refractivity contribution in [1.82, 2.24) is 5.32 Å². The fraction of sp³-hybridized carbons (Fsp3) is 0.182. The molecule has 0 unspecified atom stereocenters. The second kappa shape index (κ2) is 8.34. The highest BCUT2D eigenvalue weighted by Crippen LogP contribution is 2.29. The number of rotatable bonds is 6. The normalized spacial score (nSPS) is 12.5. The van der Waals surface area contributed by atoms with Crippen LogP contribution in [-0.2, 0) is 28.6 Å². The first kappa shape index (κ1) is 20.4. The highest BCUT2D eigenvalue weighted by molar-refractivity contribution is 5.87. The van der Waals surface area contributed by atoms with Gasteiger partial charge in [0.25, 0.3) is 0 Å². The zero-order valence-electron chi connectivity index (χ0n) is 15.2. The number of carbonyl (C=O) groups excluding carboxylic acids is 1. The van der Waals surface area contributed by atoms with Crippen LogP contribution in [0.4, 0.5) is 13.2 Å². The van der Waals surface area contributed by atoms with Crippen LogP contribution in [0.15, 0.2) is 66.7 Å². The van der Waals surface area contributed by atoms with Gasteiger partial charge in [0.1, 0.15) is 6.04 Å². The summed E-state index contributed by atoms with van der Waals surface area (Å²) < 4.78 is 38.5. The van der Waals surface area contributed by atoms with Gasteiger partial charge >= 0.3 is 12.1 Å². The van der Waals surface area contributed by atoms with Crippen LogP contribution in [0.1, 0.15) is 16.7 Å². The second-order valence-electron chi connectivity index (χ2n) is 6.72. The van der Waals surface area contributed by atoms with Gasteiger partial charge in [-0.1, -0.05) is 60.7 Å². The summed E-state index contributed by atoms with van der Waals surface area (Å²) in [4.78, 5) is 23.8. The molecule has 0 saturated carbocycles. The molecule has 150 valence electrons. The first-order valence-electron chi connectivity index (χ1n) is 8.88. The quantitative estimate of drug-likeness (QED) is 0.650. The second-order valence-corrected chi connectivity index (χ2v) is 6.72. The molecule has 3 aromatic carbocycles. The molecule has 0 bridgehead atoms. The highest BCUT2D eigenvalue weighted by atomic mass is 19.4. The van der Waals surface area contributed by atoms with E-state index in [9.17, 15) is 27.9 Å². The van der Waals surface area contributed by atoms with E-state index in [1.165, 1.54) is 12.1 Å². The number of aliphatic carboxylic acids is 1. The van der Waals surface area contributed by atoms with E-state index in [0.717, 1.165) is 22.9 Å². The molecule has 0 aliphatic carbocycles. The maximum atomic E-state index is 12.8. The van der Waals surface area contributed by atoms with E-state index >= 15 is 0 Å². The molecule has 0 aromatic heterocycles. The number of carbonyl (C=O) groups is 2. The van der Waals surface area contributed by atoms with Gasteiger partial charge in [0.15, 0.2) is 0 Å². The van der Waals surface area contributed by atoms with Crippen molar-refractivity contribution >= 4 is 22.6 Å². The van der Waals surface area contributed by atoms with Crippen LogP contribution < -0.4 is 5.32 Å². The minimum absolute atomic E-state index is 0.0306. The number of amides is 1. The summed E-state index contributed by atoms with van der Waals surface area (Å²) in [6.45, 7) is 0. The first-order valence-corrected chi connectivity index (χ1v) is 8.88. The van der Waals surface area contributed by atoms with Crippen LogP contribution in [0.5, 0.6) is 0 Å². The third-order valence-electron chi connectivity index (χ3n) is 4.51. The number of nitrogens with one attached hydrogen (secondary N) is 1. The number of hydrogen-bond acceptors (Lipinski definition) is 2. The zero-order chi connectivity index (χ0) is 21.0. The number of carboxylic acids is 1. The Labute approximate surface area is 165 Å². The molecule has 2 N–H and O–H groups in total. The molecule has 0 spiro atoms. The molecule has 3 rings (SSSR count). The Bertz CT molecular complexity index is 1050. The van der Waals surface area contributed by atoms with Gasteiger partial charge in [-0.05, 0) is 28.0 Å². The molecule has 3 aromatic rings. The van der Waals surface area contributed by atoms with Crippen molar-refractivity contribution < 1.29 is 27.9 Å². The largest absolute Gasteiger partial charge is 0.480 e. The van der Waals surface area contributed by atoms with Gasteiger partial charge in [-0.2, -0.15) is 13.2 Å². The van der Waals surface area contributed by atoms with Crippen molar-refractivity contribution in [3.63, 3.8) is 0 Å². The highest BCUT2D eigenvalue weighted by Gasteiger charge is 2.31. The van der Waals surface area contributed by atoms with Crippen molar-refractivity contribution in [2.24, 2.45) is 0 Å². The SMILES string of the molecule is O=C(Cc1ccc2ccccc2c1)N[C@@H](Cc1cccc(C(F)(F)F)c1)C(=O)O. The smallest absolute Gasteiger partial charge is 0.416 e. The number of alkyl halides is 3. The Morgan fingerprint density at radius 2 is 1.62 bits per heavy atom. The van der Waals surface area contributed by atoms with Crippen molar-refractivity contribution in [2.75, 3.05) is 0 Å². The van der Waals surface area contributed by atoms with Gasteiger partial charge in [-0.15, -0.1) is 0 Å². The zero-order valence-corrected chi connectivity index (χ0v) is 15.2. The van der Waals surface area contributed by atoms with E-state index in [-0.39, 0.29) is 18.4 Å². The number of carboxylic acid groups (broad SMARTS) is 1.